The van der Waals surface area contributed by atoms with Crippen LogP contribution in [0.25, 0.3) is 0 Å². The molecule has 0 heterocycles. The molecule has 0 radical (unpaired) electrons. The highest BCUT2D eigenvalue weighted by Crippen LogP contribution is 1.88. The van der Waals surface area contributed by atoms with Gasteiger partial charge in [0.2, 0.25) is 0 Å². The predicted octanol–water partition coefficient (Wildman–Crippen LogP) is 1.99. The van der Waals surface area contributed by atoms with Gasteiger partial charge in [-0.1, -0.05) is 6.08 Å². The van der Waals surface area contributed by atoms with E-state index in [0.717, 1.165) is 26.1 Å². The summed E-state index contributed by atoms with van der Waals surface area (Å²) in [6.45, 7) is 7.32. The summed E-state index contributed by atoms with van der Waals surface area (Å²) < 4.78 is 5.09. The van der Waals surface area contributed by atoms with E-state index in [0.29, 0.717) is 0 Å². The number of allylic oxidation sites excluding steroid dienone is 1. The third-order valence-electron chi connectivity index (χ3n) is 0.901. The lowest BCUT2D eigenvalue weighted by atomic mass is 10.3. The maximum atomic E-state index is 5.09. The maximum absolute atomic E-state index is 5.09. The Morgan fingerprint density at radius 1 is 1.62 bits per heavy atom. The molecule has 8 heavy (non-hydrogen) atoms. The first-order valence-electron chi connectivity index (χ1n) is 3.10. The largest absolute Gasteiger partial charge is 0.382 e. The van der Waals surface area contributed by atoms with Gasteiger partial charge in [-0.2, -0.15) is 0 Å². The molecule has 0 rings (SSSR count). The van der Waals surface area contributed by atoms with Crippen molar-refractivity contribution < 1.29 is 4.74 Å². The monoisotopic (exact) mass is 114 g/mol. The molecule has 0 amide bonds. The van der Waals surface area contributed by atoms with Gasteiger partial charge in [0.25, 0.3) is 0 Å². The second kappa shape index (κ2) is 6.70. The third-order valence-corrected chi connectivity index (χ3v) is 0.901. The predicted molar refractivity (Wildman–Crippen MR) is 35.9 cm³/mol. The SMILES string of the molecule is C=CCCCOCC. The molecule has 0 aromatic carbocycles. The van der Waals surface area contributed by atoms with Crippen LogP contribution in [0.15, 0.2) is 12.7 Å². The molecule has 0 saturated carbocycles. The quantitative estimate of drug-likeness (QED) is 0.392. The van der Waals surface area contributed by atoms with Crippen LogP contribution in [0.1, 0.15) is 19.8 Å². The van der Waals surface area contributed by atoms with Crippen LogP contribution in [0, 0.1) is 0 Å². The fourth-order valence-electron chi connectivity index (χ4n) is 0.474. The van der Waals surface area contributed by atoms with Crippen LogP contribution >= 0.6 is 0 Å². The van der Waals surface area contributed by atoms with E-state index in [1.54, 1.807) is 0 Å². The van der Waals surface area contributed by atoms with Gasteiger partial charge in [-0.25, -0.2) is 0 Å². The van der Waals surface area contributed by atoms with E-state index in [9.17, 15) is 0 Å². The topological polar surface area (TPSA) is 9.23 Å². The molecule has 0 saturated heterocycles. The first kappa shape index (κ1) is 7.70. The van der Waals surface area contributed by atoms with E-state index in [2.05, 4.69) is 6.58 Å². The van der Waals surface area contributed by atoms with Gasteiger partial charge in [-0.15, -0.1) is 6.58 Å². The molecule has 48 valence electrons. The van der Waals surface area contributed by atoms with Crippen LogP contribution in [0.4, 0.5) is 0 Å². The van der Waals surface area contributed by atoms with Crippen LogP contribution in [-0.4, -0.2) is 13.2 Å². The van der Waals surface area contributed by atoms with E-state index < -0.39 is 0 Å². The molecule has 0 aliphatic rings. The molecule has 0 spiro atoms. The number of unbranched alkanes of at least 4 members (excludes halogenated alkanes) is 1. The average molecular weight is 114 g/mol. The zero-order chi connectivity index (χ0) is 6.24. The van der Waals surface area contributed by atoms with Crippen LogP contribution in [0.3, 0.4) is 0 Å². The highest BCUT2D eigenvalue weighted by molar-refractivity contribution is 4.64. The molecule has 0 bridgehead atoms. The molecular weight excluding hydrogens is 100 g/mol. The molecule has 0 unspecified atom stereocenters. The average Bonchev–Trinajstić information content (AvgIpc) is 1.81. The maximum Gasteiger partial charge on any atom is 0.0468 e. The molecule has 0 N–H and O–H groups in total. The fraction of sp³-hybridized carbons (Fsp3) is 0.714. The van der Waals surface area contributed by atoms with Crippen molar-refractivity contribution >= 4 is 0 Å². The second-order valence-corrected chi connectivity index (χ2v) is 1.63. The van der Waals surface area contributed by atoms with E-state index in [4.69, 9.17) is 4.74 Å². The van der Waals surface area contributed by atoms with Crippen molar-refractivity contribution in [3.8, 4) is 0 Å². The molecule has 0 aromatic heterocycles. The molecule has 0 atom stereocenters. The van der Waals surface area contributed by atoms with Crippen molar-refractivity contribution in [2.45, 2.75) is 19.8 Å². The summed E-state index contributed by atoms with van der Waals surface area (Å²) in [5, 5.41) is 0. The molecule has 0 aliphatic heterocycles. The van der Waals surface area contributed by atoms with Crippen molar-refractivity contribution in [1.82, 2.24) is 0 Å². The molecule has 0 aromatic rings. The summed E-state index contributed by atoms with van der Waals surface area (Å²) >= 11 is 0. The van der Waals surface area contributed by atoms with E-state index >= 15 is 0 Å². The van der Waals surface area contributed by atoms with Gasteiger partial charge in [0.05, 0.1) is 0 Å². The summed E-state index contributed by atoms with van der Waals surface area (Å²) in [5.74, 6) is 0. The lowest BCUT2D eigenvalue weighted by Crippen LogP contribution is -1.91. The summed E-state index contributed by atoms with van der Waals surface area (Å²) in [4.78, 5) is 0. The lowest BCUT2D eigenvalue weighted by Gasteiger charge is -1.95. The number of rotatable bonds is 5. The van der Waals surface area contributed by atoms with Crippen molar-refractivity contribution in [2.24, 2.45) is 0 Å². The Balaban J connectivity index is 2.62. The van der Waals surface area contributed by atoms with Crippen molar-refractivity contribution in [3.63, 3.8) is 0 Å². The van der Waals surface area contributed by atoms with Crippen molar-refractivity contribution in [1.29, 1.82) is 0 Å². The number of hydrogen-bond donors (Lipinski definition) is 0. The summed E-state index contributed by atoms with van der Waals surface area (Å²) in [6.07, 6.45) is 4.09. The minimum atomic E-state index is 0.830. The zero-order valence-electron chi connectivity index (χ0n) is 5.52. The highest BCUT2D eigenvalue weighted by Gasteiger charge is 1.80. The van der Waals surface area contributed by atoms with Gasteiger partial charge in [-0.3, -0.25) is 0 Å². The smallest absolute Gasteiger partial charge is 0.0468 e. The number of ether oxygens (including phenoxy) is 1. The minimum Gasteiger partial charge on any atom is -0.382 e. The molecule has 1 nitrogen and oxygen atoms in total. The summed E-state index contributed by atoms with van der Waals surface area (Å²) in [5.41, 5.74) is 0. The Morgan fingerprint density at radius 3 is 2.88 bits per heavy atom. The Labute approximate surface area is 51.4 Å². The van der Waals surface area contributed by atoms with Gasteiger partial charge in [0.15, 0.2) is 0 Å². The Bertz CT molecular complexity index is 50.3. The first-order valence-corrected chi connectivity index (χ1v) is 3.10. The lowest BCUT2D eigenvalue weighted by molar-refractivity contribution is 0.145. The summed E-state index contributed by atoms with van der Waals surface area (Å²) in [6, 6.07) is 0. The van der Waals surface area contributed by atoms with Gasteiger partial charge in [0.1, 0.15) is 0 Å². The Kier molecular flexibility index (Phi) is 6.45. The molecule has 0 fully saturated rings. The molecular formula is C7H14O. The van der Waals surface area contributed by atoms with Crippen molar-refractivity contribution in [2.75, 3.05) is 13.2 Å². The molecule has 1 heteroatoms. The van der Waals surface area contributed by atoms with Crippen LogP contribution in [0.2, 0.25) is 0 Å². The highest BCUT2D eigenvalue weighted by atomic mass is 16.5. The van der Waals surface area contributed by atoms with Crippen LogP contribution in [-0.2, 0) is 4.74 Å². The van der Waals surface area contributed by atoms with E-state index in [1.807, 2.05) is 13.0 Å². The van der Waals surface area contributed by atoms with Crippen molar-refractivity contribution in [3.05, 3.63) is 12.7 Å². The van der Waals surface area contributed by atoms with Gasteiger partial charge in [0, 0.05) is 13.2 Å². The van der Waals surface area contributed by atoms with Crippen LogP contribution < -0.4 is 0 Å². The van der Waals surface area contributed by atoms with Gasteiger partial charge in [-0.05, 0) is 19.8 Å². The number of hydrogen-bond acceptors (Lipinski definition) is 1. The van der Waals surface area contributed by atoms with E-state index in [1.165, 1.54) is 0 Å². The van der Waals surface area contributed by atoms with Crippen LogP contribution in [0.5, 0.6) is 0 Å². The Hall–Kier alpha value is -0.300. The van der Waals surface area contributed by atoms with Gasteiger partial charge < -0.3 is 4.74 Å². The standard InChI is InChI=1S/C7H14O/c1-3-5-6-7-8-4-2/h3H,1,4-7H2,2H3. The zero-order valence-corrected chi connectivity index (χ0v) is 5.52. The van der Waals surface area contributed by atoms with E-state index in [-0.39, 0.29) is 0 Å². The Morgan fingerprint density at radius 2 is 2.38 bits per heavy atom. The molecule has 0 aliphatic carbocycles. The third kappa shape index (κ3) is 5.70. The van der Waals surface area contributed by atoms with Gasteiger partial charge >= 0.3 is 0 Å². The first-order chi connectivity index (χ1) is 3.91. The fourth-order valence-corrected chi connectivity index (χ4v) is 0.474. The summed E-state index contributed by atoms with van der Waals surface area (Å²) in [7, 11) is 0. The normalized spacial score (nSPS) is 9.12. The second-order valence-electron chi connectivity index (χ2n) is 1.63. The minimum absolute atomic E-state index is 0.830.